The first-order valence-electron chi connectivity index (χ1n) is 5.54. The lowest BCUT2D eigenvalue weighted by atomic mass is 10.2. The van der Waals surface area contributed by atoms with Gasteiger partial charge in [0.1, 0.15) is 11.3 Å². The van der Waals surface area contributed by atoms with Crippen LogP contribution in [0.25, 0.3) is 0 Å². The summed E-state index contributed by atoms with van der Waals surface area (Å²) in [5, 5.41) is 11.2. The summed E-state index contributed by atoms with van der Waals surface area (Å²) < 4.78 is 10.3. The van der Waals surface area contributed by atoms with Gasteiger partial charge in [0.05, 0.1) is 25.4 Å². The predicted octanol–water partition coefficient (Wildman–Crippen LogP) is 1.16. The number of halogens is 1. The second-order valence-electron chi connectivity index (χ2n) is 3.34. The molecule has 1 amide bonds. The Hall–Kier alpha value is -1.11. The van der Waals surface area contributed by atoms with Gasteiger partial charge in [-0.25, -0.2) is 0 Å². The summed E-state index contributed by atoms with van der Waals surface area (Å²) in [4.78, 5) is 11.9. The summed E-state index contributed by atoms with van der Waals surface area (Å²) in [6.45, 7) is 1.02. The number of hydrogen-bond donors (Lipinski definition) is 2. The number of rotatable bonds is 8. The molecule has 0 atom stereocenters. The zero-order valence-electron chi connectivity index (χ0n) is 9.89. The summed E-state index contributed by atoms with van der Waals surface area (Å²) in [5.74, 6) is 0.322. The van der Waals surface area contributed by atoms with Crippen molar-refractivity contribution in [3.8, 4) is 5.75 Å². The summed E-state index contributed by atoms with van der Waals surface area (Å²) in [6.07, 6.45) is 0. The predicted molar refractivity (Wildman–Crippen MR) is 71.1 cm³/mol. The molecule has 0 aliphatic carbocycles. The Morgan fingerprint density at radius 1 is 1.33 bits per heavy atom. The Kier molecular flexibility index (Phi) is 7.40. The van der Waals surface area contributed by atoms with Crippen LogP contribution in [0.15, 0.2) is 24.3 Å². The van der Waals surface area contributed by atoms with Crippen molar-refractivity contribution in [3.05, 3.63) is 29.8 Å². The third-order valence-electron chi connectivity index (χ3n) is 2.11. The lowest BCUT2D eigenvalue weighted by Crippen LogP contribution is -2.28. The lowest BCUT2D eigenvalue weighted by Gasteiger charge is -2.10. The fourth-order valence-corrected chi connectivity index (χ4v) is 1.58. The molecule has 0 fully saturated rings. The van der Waals surface area contributed by atoms with E-state index in [1.807, 2.05) is 0 Å². The number of carbonyl (C=O) groups excluding carboxylic acids is 1. The molecule has 0 saturated heterocycles. The normalized spacial score (nSPS) is 10.1. The van der Waals surface area contributed by atoms with E-state index in [9.17, 15) is 4.79 Å². The number of alkyl halides is 1. The third kappa shape index (κ3) is 5.03. The minimum absolute atomic E-state index is 0.0180. The average molecular weight is 318 g/mol. The van der Waals surface area contributed by atoms with Gasteiger partial charge < -0.3 is 19.9 Å². The van der Waals surface area contributed by atoms with E-state index in [1.165, 1.54) is 0 Å². The molecule has 2 N–H and O–H groups in total. The molecule has 0 saturated carbocycles. The van der Waals surface area contributed by atoms with Crippen molar-refractivity contribution in [2.45, 2.75) is 0 Å². The SMILES string of the molecule is O=C(NCCOCCO)c1ccccc1OCBr. The highest BCUT2D eigenvalue weighted by molar-refractivity contribution is 9.09. The van der Waals surface area contributed by atoms with E-state index in [-0.39, 0.29) is 19.1 Å². The summed E-state index contributed by atoms with van der Waals surface area (Å²) in [5.41, 5.74) is 0.816. The van der Waals surface area contributed by atoms with Gasteiger partial charge in [0.2, 0.25) is 0 Å². The van der Waals surface area contributed by atoms with Crippen LogP contribution in [0.1, 0.15) is 10.4 Å². The Morgan fingerprint density at radius 2 is 2.11 bits per heavy atom. The fourth-order valence-electron chi connectivity index (χ4n) is 1.34. The highest BCUT2D eigenvalue weighted by Crippen LogP contribution is 2.18. The number of aliphatic hydroxyl groups excluding tert-OH is 1. The van der Waals surface area contributed by atoms with Gasteiger partial charge in [0.25, 0.3) is 5.91 Å². The molecule has 1 aromatic carbocycles. The monoisotopic (exact) mass is 317 g/mol. The minimum atomic E-state index is -0.209. The Bertz CT molecular complexity index is 373. The number of amides is 1. The van der Waals surface area contributed by atoms with E-state index in [0.717, 1.165) is 0 Å². The van der Waals surface area contributed by atoms with Crippen LogP contribution in [0, 0.1) is 0 Å². The molecule has 0 heterocycles. The fraction of sp³-hybridized carbons (Fsp3) is 0.417. The molecule has 0 aromatic heterocycles. The second-order valence-corrected chi connectivity index (χ2v) is 3.80. The number of aliphatic hydroxyl groups is 1. The van der Waals surface area contributed by atoms with E-state index in [4.69, 9.17) is 14.6 Å². The largest absolute Gasteiger partial charge is 0.482 e. The van der Waals surface area contributed by atoms with Crippen LogP contribution < -0.4 is 10.1 Å². The molecular formula is C12H16BrNO4. The van der Waals surface area contributed by atoms with Crippen molar-refractivity contribution in [2.24, 2.45) is 0 Å². The van der Waals surface area contributed by atoms with Gasteiger partial charge in [-0.2, -0.15) is 0 Å². The Balaban J connectivity index is 2.45. The quantitative estimate of drug-likeness (QED) is 0.557. The van der Waals surface area contributed by atoms with E-state index >= 15 is 0 Å². The van der Waals surface area contributed by atoms with Gasteiger partial charge >= 0.3 is 0 Å². The maximum absolute atomic E-state index is 11.9. The van der Waals surface area contributed by atoms with E-state index < -0.39 is 0 Å². The van der Waals surface area contributed by atoms with E-state index in [1.54, 1.807) is 24.3 Å². The van der Waals surface area contributed by atoms with Crippen LogP contribution in [0.4, 0.5) is 0 Å². The number of ether oxygens (including phenoxy) is 2. The molecule has 100 valence electrons. The maximum Gasteiger partial charge on any atom is 0.255 e. The van der Waals surface area contributed by atoms with Crippen LogP contribution in [0.3, 0.4) is 0 Å². The topological polar surface area (TPSA) is 67.8 Å². The molecule has 18 heavy (non-hydrogen) atoms. The number of para-hydroxylation sites is 1. The molecule has 0 spiro atoms. The molecule has 0 aliphatic rings. The van der Waals surface area contributed by atoms with Crippen LogP contribution in [-0.4, -0.2) is 42.9 Å². The molecular weight excluding hydrogens is 302 g/mol. The van der Waals surface area contributed by atoms with Crippen LogP contribution >= 0.6 is 15.9 Å². The van der Waals surface area contributed by atoms with Crippen molar-refractivity contribution in [2.75, 3.05) is 31.9 Å². The molecule has 0 radical (unpaired) electrons. The number of benzene rings is 1. The number of carbonyl (C=O) groups is 1. The van der Waals surface area contributed by atoms with Crippen molar-refractivity contribution in [1.82, 2.24) is 5.32 Å². The molecule has 1 aromatic rings. The molecule has 6 heteroatoms. The second kappa shape index (κ2) is 8.91. The molecule has 0 bridgehead atoms. The smallest absolute Gasteiger partial charge is 0.255 e. The zero-order chi connectivity index (χ0) is 13.2. The summed E-state index contributed by atoms with van der Waals surface area (Å²) in [6, 6.07) is 7.01. The van der Waals surface area contributed by atoms with Crippen LogP contribution in [0.2, 0.25) is 0 Å². The summed E-state index contributed by atoms with van der Waals surface area (Å²) >= 11 is 3.15. The van der Waals surface area contributed by atoms with E-state index in [0.29, 0.717) is 30.0 Å². The number of nitrogens with one attached hydrogen (secondary N) is 1. The highest BCUT2D eigenvalue weighted by Gasteiger charge is 2.10. The molecule has 0 unspecified atom stereocenters. The Morgan fingerprint density at radius 3 is 2.83 bits per heavy atom. The van der Waals surface area contributed by atoms with Crippen molar-refractivity contribution in [3.63, 3.8) is 0 Å². The van der Waals surface area contributed by atoms with Gasteiger partial charge in [-0.05, 0) is 28.1 Å². The van der Waals surface area contributed by atoms with Crippen molar-refractivity contribution < 1.29 is 19.4 Å². The number of hydrogen-bond acceptors (Lipinski definition) is 4. The maximum atomic E-state index is 11.9. The van der Waals surface area contributed by atoms with Gasteiger partial charge in [0.15, 0.2) is 0 Å². The third-order valence-corrected chi connectivity index (χ3v) is 2.34. The van der Waals surface area contributed by atoms with Crippen LogP contribution in [-0.2, 0) is 4.74 Å². The van der Waals surface area contributed by atoms with Crippen molar-refractivity contribution in [1.29, 1.82) is 0 Å². The molecule has 0 aliphatic heterocycles. The first-order valence-corrected chi connectivity index (χ1v) is 6.66. The zero-order valence-corrected chi connectivity index (χ0v) is 11.5. The first-order chi connectivity index (χ1) is 8.79. The van der Waals surface area contributed by atoms with Gasteiger partial charge in [-0.3, -0.25) is 4.79 Å². The first kappa shape index (κ1) is 14.9. The van der Waals surface area contributed by atoms with Crippen LogP contribution in [0.5, 0.6) is 5.75 Å². The van der Waals surface area contributed by atoms with E-state index in [2.05, 4.69) is 21.2 Å². The van der Waals surface area contributed by atoms with Gasteiger partial charge in [-0.1, -0.05) is 12.1 Å². The minimum Gasteiger partial charge on any atom is -0.482 e. The molecule has 5 nitrogen and oxygen atoms in total. The highest BCUT2D eigenvalue weighted by atomic mass is 79.9. The van der Waals surface area contributed by atoms with Crippen molar-refractivity contribution >= 4 is 21.8 Å². The summed E-state index contributed by atoms with van der Waals surface area (Å²) in [7, 11) is 0. The molecule has 1 rings (SSSR count). The average Bonchev–Trinajstić information content (AvgIpc) is 2.39. The Labute approximate surface area is 114 Å². The van der Waals surface area contributed by atoms with Gasteiger partial charge in [0, 0.05) is 6.54 Å². The standard InChI is InChI=1S/C12H16BrNO4/c13-9-18-11-4-2-1-3-10(11)12(16)14-5-7-17-8-6-15/h1-4,15H,5-9H2,(H,14,16). The lowest BCUT2D eigenvalue weighted by molar-refractivity contribution is 0.0836. The van der Waals surface area contributed by atoms with Gasteiger partial charge in [-0.15, -0.1) is 0 Å².